The third-order valence-corrected chi connectivity index (χ3v) is 3.50. The lowest BCUT2D eigenvalue weighted by Crippen LogP contribution is -1.97. The van der Waals surface area contributed by atoms with Gasteiger partial charge in [0.15, 0.2) is 0 Å². The summed E-state index contributed by atoms with van der Waals surface area (Å²) in [6.07, 6.45) is 0. The van der Waals surface area contributed by atoms with Crippen LogP contribution in [0.25, 0.3) is 11.1 Å². The van der Waals surface area contributed by atoms with Crippen LogP contribution in [0.2, 0.25) is 0 Å². The molecule has 2 rings (SSSR count). The normalized spacial score (nSPS) is 11.3. The Balaban J connectivity index is 2.34. The topological polar surface area (TPSA) is 63.6 Å². The number of hydrogen-bond acceptors (Lipinski definition) is 3. The number of benzene rings is 2. The van der Waals surface area contributed by atoms with Gasteiger partial charge < -0.3 is 4.74 Å². The first kappa shape index (κ1) is 13.6. The van der Waals surface area contributed by atoms with Gasteiger partial charge in [-0.3, -0.25) is 4.55 Å². The monoisotopic (exact) mass is 278 g/mol. The van der Waals surface area contributed by atoms with Crippen LogP contribution in [0.5, 0.6) is 5.75 Å². The molecule has 0 atom stereocenters. The van der Waals surface area contributed by atoms with Crippen LogP contribution in [-0.4, -0.2) is 19.6 Å². The highest BCUT2D eigenvalue weighted by molar-refractivity contribution is 7.85. The summed E-state index contributed by atoms with van der Waals surface area (Å²) in [5, 5.41) is 0. The third-order valence-electron chi connectivity index (χ3n) is 2.63. The molecule has 2 aromatic rings. The minimum absolute atomic E-state index is 0.114. The van der Waals surface area contributed by atoms with Gasteiger partial charge in [0.05, 0.1) is 11.5 Å². The van der Waals surface area contributed by atoms with E-state index >= 15 is 0 Å². The van der Waals surface area contributed by atoms with Crippen molar-refractivity contribution >= 4 is 10.1 Å². The molecule has 0 aliphatic rings. The summed E-state index contributed by atoms with van der Waals surface area (Å²) >= 11 is 0. The molecule has 100 valence electrons. The SMILES string of the molecule is CCOc1cccc(-c2ccc(S(=O)(=O)O)cc2)c1. The summed E-state index contributed by atoms with van der Waals surface area (Å²) in [5.74, 6) is 0.763. The predicted molar refractivity (Wildman–Crippen MR) is 72.9 cm³/mol. The molecule has 0 spiro atoms. The Morgan fingerprint density at radius 2 is 1.74 bits per heavy atom. The van der Waals surface area contributed by atoms with Gasteiger partial charge in [-0.05, 0) is 42.3 Å². The van der Waals surface area contributed by atoms with Crippen molar-refractivity contribution in [2.45, 2.75) is 11.8 Å². The van der Waals surface area contributed by atoms with Crippen LogP contribution >= 0.6 is 0 Å². The van der Waals surface area contributed by atoms with E-state index in [9.17, 15) is 8.42 Å². The summed E-state index contributed by atoms with van der Waals surface area (Å²) in [7, 11) is -4.14. The Kier molecular flexibility index (Phi) is 3.87. The van der Waals surface area contributed by atoms with Crippen LogP contribution in [0.3, 0.4) is 0 Å². The minimum Gasteiger partial charge on any atom is -0.494 e. The Morgan fingerprint density at radius 3 is 2.32 bits per heavy atom. The van der Waals surface area contributed by atoms with Gasteiger partial charge >= 0.3 is 0 Å². The largest absolute Gasteiger partial charge is 0.494 e. The summed E-state index contributed by atoms with van der Waals surface area (Å²) in [6, 6.07) is 13.6. The van der Waals surface area contributed by atoms with Gasteiger partial charge in [-0.2, -0.15) is 8.42 Å². The van der Waals surface area contributed by atoms with Gasteiger partial charge in [0.1, 0.15) is 5.75 Å². The van der Waals surface area contributed by atoms with E-state index in [-0.39, 0.29) is 4.90 Å². The maximum absolute atomic E-state index is 11.0. The molecule has 4 nitrogen and oxygen atoms in total. The highest BCUT2D eigenvalue weighted by Gasteiger charge is 2.09. The first-order valence-electron chi connectivity index (χ1n) is 5.81. The van der Waals surface area contributed by atoms with Gasteiger partial charge in [-0.15, -0.1) is 0 Å². The van der Waals surface area contributed by atoms with E-state index in [0.717, 1.165) is 16.9 Å². The van der Waals surface area contributed by atoms with E-state index in [0.29, 0.717) is 6.61 Å². The van der Waals surface area contributed by atoms with Crippen LogP contribution in [0.15, 0.2) is 53.4 Å². The zero-order chi connectivity index (χ0) is 13.9. The molecular weight excluding hydrogens is 264 g/mol. The Hall–Kier alpha value is -1.85. The van der Waals surface area contributed by atoms with E-state index < -0.39 is 10.1 Å². The molecule has 2 aromatic carbocycles. The molecule has 0 aliphatic heterocycles. The Labute approximate surface area is 112 Å². The molecule has 0 aliphatic carbocycles. The van der Waals surface area contributed by atoms with E-state index in [4.69, 9.17) is 9.29 Å². The van der Waals surface area contributed by atoms with Crippen LogP contribution in [-0.2, 0) is 10.1 Å². The fourth-order valence-electron chi connectivity index (χ4n) is 1.75. The lowest BCUT2D eigenvalue weighted by molar-refractivity contribution is 0.340. The first-order chi connectivity index (χ1) is 9.00. The van der Waals surface area contributed by atoms with Gasteiger partial charge in [-0.25, -0.2) is 0 Å². The molecule has 0 radical (unpaired) electrons. The van der Waals surface area contributed by atoms with Crippen LogP contribution in [0.1, 0.15) is 6.92 Å². The van der Waals surface area contributed by atoms with Gasteiger partial charge in [-0.1, -0.05) is 24.3 Å². The number of rotatable bonds is 4. The predicted octanol–water partition coefficient (Wildman–Crippen LogP) is 3.00. The summed E-state index contributed by atoms with van der Waals surface area (Å²) in [5.41, 5.74) is 1.78. The molecule has 0 saturated heterocycles. The quantitative estimate of drug-likeness (QED) is 0.873. The average molecular weight is 278 g/mol. The fourth-order valence-corrected chi connectivity index (χ4v) is 2.23. The molecular formula is C14H14O4S. The maximum atomic E-state index is 11.0. The van der Waals surface area contributed by atoms with Gasteiger partial charge in [0, 0.05) is 0 Å². The minimum atomic E-state index is -4.14. The molecule has 0 aromatic heterocycles. The number of hydrogen-bond donors (Lipinski definition) is 1. The van der Waals surface area contributed by atoms with Gasteiger partial charge in [0.2, 0.25) is 0 Å². The highest BCUT2D eigenvalue weighted by atomic mass is 32.2. The van der Waals surface area contributed by atoms with Crippen LogP contribution < -0.4 is 4.74 Å². The van der Waals surface area contributed by atoms with Crippen molar-refractivity contribution in [2.75, 3.05) is 6.61 Å². The van der Waals surface area contributed by atoms with Crippen LogP contribution in [0, 0.1) is 0 Å². The van der Waals surface area contributed by atoms with Gasteiger partial charge in [0.25, 0.3) is 10.1 Å². The van der Waals surface area contributed by atoms with E-state index in [1.54, 1.807) is 12.1 Å². The van der Waals surface area contributed by atoms with Crippen molar-refractivity contribution in [2.24, 2.45) is 0 Å². The van der Waals surface area contributed by atoms with E-state index in [2.05, 4.69) is 0 Å². The summed E-state index contributed by atoms with van der Waals surface area (Å²) in [6.45, 7) is 2.50. The van der Waals surface area contributed by atoms with Crippen molar-refractivity contribution in [3.05, 3.63) is 48.5 Å². The zero-order valence-electron chi connectivity index (χ0n) is 10.4. The molecule has 0 heterocycles. The molecule has 0 bridgehead atoms. The molecule has 0 saturated carbocycles. The molecule has 0 amide bonds. The fraction of sp³-hybridized carbons (Fsp3) is 0.143. The van der Waals surface area contributed by atoms with E-state index in [1.165, 1.54) is 12.1 Å². The smallest absolute Gasteiger partial charge is 0.294 e. The maximum Gasteiger partial charge on any atom is 0.294 e. The summed E-state index contributed by atoms with van der Waals surface area (Å²) < 4.78 is 36.2. The second kappa shape index (κ2) is 5.42. The molecule has 19 heavy (non-hydrogen) atoms. The van der Waals surface area contributed by atoms with E-state index in [1.807, 2.05) is 31.2 Å². The third kappa shape index (κ3) is 3.33. The second-order valence-electron chi connectivity index (χ2n) is 3.96. The highest BCUT2D eigenvalue weighted by Crippen LogP contribution is 2.25. The van der Waals surface area contributed by atoms with Crippen molar-refractivity contribution in [1.82, 2.24) is 0 Å². The standard InChI is InChI=1S/C14H14O4S/c1-2-18-13-5-3-4-12(10-13)11-6-8-14(9-7-11)19(15,16)17/h3-10H,2H2,1H3,(H,15,16,17). The molecule has 1 N–H and O–H groups in total. The number of ether oxygens (including phenoxy) is 1. The molecule has 5 heteroatoms. The Morgan fingerprint density at radius 1 is 1.05 bits per heavy atom. The molecule has 0 unspecified atom stereocenters. The van der Waals surface area contributed by atoms with Crippen LogP contribution in [0.4, 0.5) is 0 Å². The van der Waals surface area contributed by atoms with Crippen molar-refractivity contribution in [1.29, 1.82) is 0 Å². The zero-order valence-corrected chi connectivity index (χ0v) is 11.2. The summed E-state index contributed by atoms with van der Waals surface area (Å²) in [4.78, 5) is -0.114. The lowest BCUT2D eigenvalue weighted by Gasteiger charge is -2.06. The Bertz CT molecular complexity index is 660. The van der Waals surface area contributed by atoms with Crippen molar-refractivity contribution in [3.8, 4) is 16.9 Å². The average Bonchev–Trinajstić information content (AvgIpc) is 2.39. The second-order valence-corrected chi connectivity index (χ2v) is 5.38. The molecule has 0 fully saturated rings. The lowest BCUT2D eigenvalue weighted by atomic mass is 10.1. The van der Waals surface area contributed by atoms with Crippen molar-refractivity contribution in [3.63, 3.8) is 0 Å². The van der Waals surface area contributed by atoms with Crippen molar-refractivity contribution < 1.29 is 17.7 Å². The first-order valence-corrected chi connectivity index (χ1v) is 7.25.